The summed E-state index contributed by atoms with van der Waals surface area (Å²) in [5.74, 6) is 1.66. The van der Waals surface area contributed by atoms with Crippen molar-refractivity contribution in [3.05, 3.63) is 71.6 Å². The molecule has 0 unspecified atom stereocenters. The molecule has 0 aliphatic rings. The highest BCUT2D eigenvalue weighted by Crippen LogP contribution is 2.21. The molecule has 0 N–H and O–H groups in total. The van der Waals surface area contributed by atoms with Crippen LogP contribution in [-0.2, 0) is 17.8 Å². The molecule has 0 spiro atoms. The summed E-state index contributed by atoms with van der Waals surface area (Å²) in [7, 11) is 0. The fourth-order valence-corrected chi connectivity index (χ4v) is 3.23. The van der Waals surface area contributed by atoms with E-state index in [1.54, 1.807) is 0 Å². The molecule has 29 heavy (non-hydrogen) atoms. The van der Waals surface area contributed by atoms with Crippen molar-refractivity contribution in [2.24, 2.45) is 0 Å². The van der Waals surface area contributed by atoms with Crippen LogP contribution < -0.4 is 0 Å². The van der Waals surface area contributed by atoms with Gasteiger partial charge >= 0.3 is 0 Å². The van der Waals surface area contributed by atoms with Crippen molar-refractivity contribution in [3.8, 4) is 11.4 Å². The zero-order valence-electron chi connectivity index (χ0n) is 17.5. The van der Waals surface area contributed by atoms with Gasteiger partial charge in [-0.25, -0.2) is 0 Å². The van der Waals surface area contributed by atoms with Crippen LogP contribution in [0.25, 0.3) is 11.4 Å². The van der Waals surface area contributed by atoms with Crippen molar-refractivity contribution in [3.63, 3.8) is 0 Å². The lowest BCUT2D eigenvalue weighted by Gasteiger charge is -2.22. The van der Waals surface area contributed by atoms with Crippen LogP contribution >= 0.6 is 0 Å². The lowest BCUT2D eigenvalue weighted by molar-refractivity contribution is -0.131. The molecular formula is C24H29N3O2. The summed E-state index contributed by atoms with van der Waals surface area (Å²) >= 11 is 0. The minimum absolute atomic E-state index is 0.108. The standard InChI is InChI=1S/C24H29N3O2/c1-4-16-27(17-19-8-6-5-7-9-19)23(28)15-14-22-25-24(26-29-22)21-12-10-20(11-13-21)18(2)3/h5-13,18H,4,14-17H2,1-3H3. The normalized spacial score (nSPS) is 11.0. The van der Waals surface area contributed by atoms with Crippen molar-refractivity contribution < 1.29 is 9.32 Å². The Balaban J connectivity index is 1.59. The molecule has 0 atom stereocenters. The van der Waals surface area contributed by atoms with E-state index in [2.05, 4.69) is 43.0 Å². The molecule has 1 amide bonds. The molecule has 1 aromatic heterocycles. The van der Waals surface area contributed by atoms with E-state index in [1.165, 1.54) is 5.56 Å². The second-order valence-corrected chi connectivity index (χ2v) is 7.59. The van der Waals surface area contributed by atoms with Crippen LogP contribution in [-0.4, -0.2) is 27.5 Å². The second kappa shape index (κ2) is 10.0. The van der Waals surface area contributed by atoms with Crippen LogP contribution in [0.2, 0.25) is 0 Å². The van der Waals surface area contributed by atoms with Gasteiger partial charge in [-0.05, 0) is 23.5 Å². The summed E-state index contributed by atoms with van der Waals surface area (Å²) in [6, 6.07) is 18.3. The number of benzene rings is 2. The van der Waals surface area contributed by atoms with Crippen molar-refractivity contribution >= 4 is 5.91 Å². The number of carbonyl (C=O) groups excluding carboxylic acids is 1. The van der Waals surface area contributed by atoms with Crippen molar-refractivity contribution in [2.45, 2.75) is 52.5 Å². The van der Waals surface area contributed by atoms with Gasteiger partial charge in [0.1, 0.15) is 0 Å². The van der Waals surface area contributed by atoms with Crippen LogP contribution in [0.5, 0.6) is 0 Å². The fourth-order valence-electron chi connectivity index (χ4n) is 3.23. The molecule has 0 fully saturated rings. The zero-order valence-corrected chi connectivity index (χ0v) is 17.5. The van der Waals surface area contributed by atoms with Gasteiger partial charge in [0.2, 0.25) is 17.6 Å². The Bertz CT molecular complexity index is 901. The van der Waals surface area contributed by atoms with Crippen molar-refractivity contribution in [1.82, 2.24) is 15.0 Å². The summed E-state index contributed by atoms with van der Waals surface area (Å²) in [5, 5.41) is 4.08. The highest BCUT2D eigenvalue weighted by Gasteiger charge is 2.16. The third kappa shape index (κ3) is 5.76. The van der Waals surface area contributed by atoms with Gasteiger partial charge in [0, 0.05) is 31.5 Å². The Kier molecular flexibility index (Phi) is 7.17. The minimum atomic E-state index is 0.108. The van der Waals surface area contributed by atoms with Gasteiger partial charge in [-0.3, -0.25) is 4.79 Å². The third-order valence-corrected chi connectivity index (χ3v) is 4.92. The summed E-state index contributed by atoms with van der Waals surface area (Å²) in [5.41, 5.74) is 3.34. The van der Waals surface area contributed by atoms with Crippen LogP contribution in [0.3, 0.4) is 0 Å². The Morgan fingerprint density at radius 2 is 1.79 bits per heavy atom. The fraction of sp³-hybridized carbons (Fsp3) is 0.375. The average molecular weight is 392 g/mol. The van der Waals surface area contributed by atoms with E-state index < -0.39 is 0 Å². The van der Waals surface area contributed by atoms with E-state index in [-0.39, 0.29) is 5.91 Å². The molecular weight excluding hydrogens is 362 g/mol. The predicted molar refractivity (Wildman–Crippen MR) is 114 cm³/mol. The smallest absolute Gasteiger partial charge is 0.227 e. The molecule has 2 aromatic carbocycles. The Morgan fingerprint density at radius 3 is 2.45 bits per heavy atom. The summed E-state index contributed by atoms with van der Waals surface area (Å²) in [4.78, 5) is 19.1. The molecule has 0 radical (unpaired) electrons. The van der Waals surface area contributed by atoms with E-state index in [9.17, 15) is 4.79 Å². The molecule has 5 nitrogen and oxygen atoms in total. The predicted octanol–water partition coefficient (Wildman–Crippen LogP) is 5.23. The Morgan fingerprint density at radius 1 is 1.07 bits per heavy atom. The molecule has 3 aromatic rings. The third-order valence-electron chi connectivity index (χ3n) is 4.92. The maximum atomic E-state index is 12.7. The molecule has 3 rings (SSSR count). The lowest BCUT2D eigenvalue weighted by atomic mass is 10.0. The largest absolute Gasteiger partial charge is 0.339 e. The first-order valence-corrected chi connectivity index (χ1v) is 10.3. The molecule has 0 aliphatic heterocycles. The summed E-state index contributed by atoms with van der Waals surface area (Å²) in [6.07, 6.45) is 1.74. The molecule has 5 heteroatoms. The monoisotopic (exact) mass is 391 g/mol. The number of amides is 1. The highest BCUT2D eigenvalue weighted by atomic mass is 16.5. The van der Waals surface area contributed by atoms with E-state index in [0.717, 1.165) is 24.1 Å². The van der Waals surface area contributed by atoms with Gasteiger partial charge in [0.15, 0.2) is 0 Å². The highest BCUT2D eigenvalue weighted by molar-refractivity contribution is 5.76. The zero-order chi connectivity index (χ0) is 20.6. The molecule has 1 heterocycles. The molecule has 0 saturated heterocycles. The van der Waals surface area contributed by atoms with Gasteiger partial charge in [-0.15, -0.1) is 0 Å². The number of hydrogen-bond acceptors (Lipinski definition) is 4. The van der Waals surface area contributed by atoms with Crippen LogP contribution in [0, 0.1) is 0 Å². The minimum Gasteiger partial charge on any atom is -0.339 e. The van der Waals surface area contributed by atoms with Crippen molar-refractivity contribution in [2.75, 3.05) is 6.54 Å². The number of nitrogens with zero attached hydrogens (tertiary/aromatic N) is 3. The number of hydrogen-bond donors (Lipinski definition) is 0. The van der Waals surface area contributed by atoms with Crippen LogP contribution in [0.15, 0.2) is 59.1 Å². The second-order valence-electron chi connectivity index (χ2n) is 7.59. The van der Waals surface area contributed by atoms with Gasteiger partial charge in [-0.1, -0.05) is 80.5 Å². The molecule has 0 aliphatic carbocycles. The van der Waals surface area contributed by atoms with E-state index in [4.69, 9.17) is 4.52 Å². The van der Waals surface area contributed by atoms with Gasteiger partial charge in [0.25, 0.3) is 0 Å². The van der Waals surface area contributed by atoms with Crippen LogP contribution in [0.4, 0.5) is 0 Å². The SMILES string of the molecule is CCCN(Cc1ccccc1)C(=O)CCc1nc(-c2ccc(C(C)C)cc2)no1. The number of carbonyl (C=O) groups is 1. The van der Waals surface area contributed by atoms with Crippen LogP contribution in [0.1, 0.15) is 56.5 Å². The quantitative estimate of drug-likeness (QED) is 0.501. The first kappa shape index (κ1) is 20.8. The molecule has 0 bridgehead atoms. The van der Waals surface area contributed by atoms with E-state index in [0.29, 0.717) is 37.0 Å². The van der Waals surface area contributed by atoms with Gasteiger partial charge in [0.05, 0.1) is 0 Å². The number of rotatable bonds is 9. The van der Waals surface area contributed by atoms with Gasteiger partial charge < -0.3 is 9.42 Å². The average Bonchev–Trinajstić information content (AvgIpc) is 3.21. The Hall–Kier alpha value is -2.95. The molecule has 0 saturated carbocycles. The van der Waals surface area contributed by atoms with Crippen molar-refractivity contribution in [1.29, 1.82) is 0 Å². The first-order chi connectivity index (χ1) is 14.1. The van der Waals surface area contributed by atoms with E-state index in [1.807, 2.05) is 47.4 Å². The Labute approximate surface area is 172 Å². The van der Waals surface area contributed by atoms with E-state index >= 15 is 0 Å². The first-order valence-electron chi connectivity index (χ1n) is 10.3. The molecule has 152 valence electrons. The summed E-state index contributed by atoms with van der Waals surface area (Å²) in [6.45, 7) is 7.78. The summed E-state index contributed by atoms with van der Waals surface area (Å²) < 4.78 is 5.37. The number of aryl methyl sites for hydroxylation is 1. The van der Waals surface area contributed by atoms with Gasteiger partial charge in [-0.2, -0.15) is 4.98 Å². The maximum absolute atomic E-state index is 12.7. The lowest BCUT2D eigenvalue weighted by Crippen LogP contribution is -2.31. The maximum Gasteiger partial charge on any atom is 0.227 e. The number of aromatic nitrogens is 2. The topological polar surface area (TPSA) is 59.2 Å².